The highest BCUT2D eigenvalue weighted by Gasteiger charge is 2.28. The van der Waals surface area contributed by atoms with Crippen LogP contribution in [0.4, 0.5) is 5.82 Å². The molecule has 1 unspecified atom stereocenters. The van der Waals surface area contributed by atoms with Gasteiger partial charge in [-0.05, 0) is 32.5 Å². The van der Waals surface area contributed by atoms with Crippen LogP contribution >= 0.6 is 11.6 Å². The van der Waals surface area contributed by atoms with E-state index in [0.29, 0.717) is 22.6 Å². The molecule has 1 atom stereocenters. The molecule has 1 N–H and O–H groups in total. The predicted molar refractivity (Wildman–Crippen MR) is 86.0 cm³/mol. The number of carbonyl (C=O) groups is 1. The minimum absolute atomic E-state index is 0.0775. The number of aromatic nitrogens is 1. The SMILES string of the molecule is CCNc1ccc(Cl)c(C(=O)N2CCN(C)C(CC)C2)n1. The first-order valence-electron chi connectivity index (χ1n) is 7.46. The van der Waals surface area contributed by atoms with E-state index >= 15 is 0 Å². The van der Waals surface area contributed by atoms with E-state index < -0.39 is 0 Å². The number of hydrogen-bond donors (Lipinski definition) is 1. The first-order valence-corrected chi connectivity index (χ1v) is 7.84. The summed E-state index contributed by atoms with van der Waals surface area (Å²) >= 11 is 6.16. The highest BCUT2D eigenvalue weighted by Crippen LogP contribution is 2.20. The highest BCUT2D eigenvalue weighted by atomic mass is 35.5. The van der Waals surface area contributed by atoms with E-state index in [1.807, 2.05) is 11.8 Å². The minimum Gasteiger partial charge on any atom is -0.370 e. The van der Waals surface area contributed by atoms with Crippen molar-refractivity contribution < 1.29 is 4.79 Å². The zero-order valence-electron chi connectivity index (χ0n) is 12.9. The predicted octanol–water partition coefficient (Wildman–Crippen LogP) is 2.33. The Morgan fingerprint density at radius 3 is 2.86 bits per heavy atom. The Morgan fingerprint density at radius 1 is 1.43 bits per heavy atom. The second-order valence-corrected chi connectivity index (χ2v) is 5.76. The molecule has 2 rings (SSSR count). The van der Waals surface area contributed by atoms with Crippen molar-refractivity contribution in [2.24, 2.45) is 0 Å². The zero-order chi connectivity index (χ0) is 15.4. The Morgan fingerprint density at radius 2 is 2.19 bits per heavy atom. The van der Waals surface area contributed by atoms with Gasteiger partial charge < -0.3 is 10.2 Å². The summed E-state index contributed by atoms with van der Waals surface area (Å²) < 4.78 is 0. The zero-order valence-corrected chi connectivity index (χ0v) is 13.7. The summed E-state index contributed by atoms with van der Waals surface area (Å²) in [7, 11) is 2.10. The third-order valence-electron chi connectivity index (χ3n) is 3.94. The van der Waals surface area contributed by atoms with E-state index in [0.717, 1.165) is 32.6 Å². The Bertz CT molecular complexity index is 508. The Hall–Kier alpha value is -1.33. The van der Waals surface area contributed by atoms with Gasteiger partial charge in [0.25, 0.3) is 5.91 Å². The number of nitrogens with zero attached hydrogens (tertiary/aromatic N) is 3. The van der Waals surface area contributed by atoms with E-state index in [-0.39, 0.29) is 5.91 Å². The van der Waals surface area contributed by atoms with E-state index in [1.54, 1.807) is 12.1 Å². The molecule has 0 aliphatic carbocycles. The molecule has 0 radical (unpaired) electrons. The van der Waals surface area contributed by atoms with Gasteiger partial charge in [0.1, 0.15) is 11.5 Å². The lowest BCUT2D eigenvalue weighted by atomic mass is 10.1. The van der Waals surface area contributed by atoms with Crippen LogP contribution in [0.2, 0.25) is 5.02 Å². The van der Waals surface area contributed by atoms with Crippen LogP contribution in [-0.4, -0.2) is 60.0 Å². The third-order valence-corrected chi connectivity index (χ3v) is 4.25. The Labute approximate surface area is 131 Å². The van der Waals surface area contributed by atoms with Crippen LogP contribution in [-0.2, 0) is 0 Å². The number of rotatable bonds is 4. The average molecular weight is 311 g/mol. The van der Waals surface area contributed by atoms with Gasteiger partial charge in [-0.15, -0.1) is 0 Å². The molecule has 0 saturated carbocycles. The van der Waals surface area contributed by atoms with Gasteiger partial charge in [-0.3, -0.25) is 9.69 Å². The minimum atomic E-state index is -0.0775. The van der Waals surface area contributed by atoms with Crippen molar-refractivity contribution in [2.75, 3.05) is 38.5 Å². The summed E-state index contributed by atoms with van der Waals surface area (Å²) in [4.78, 5) is 21.2. The fourth-order valence-electron chi connectivity index (χ4n) is 2.59. The van der Waals surface area contributed by atoms with Crippen molar-refractivity contribution in [3.05, 3.63) is 22.8 Å². The summed E-state index contributed by atoms with van der Waals surface area (Å²) in [5, 5.41) is 3.52. The molecule has 0 spiro atoms. The van der Waals surface area contributed by atoms with Crippen molar-refractivity contribution in [1.29, 1.82) is 0 Å². The summed E-state index contributed by atoms with van der Waals surface area (Å²) in [6.07, 6.45) is 1.03. The van der Waals surface area contributed by atoms with Crippen LogP contribution in [0, 0.1) is 0 Å². The summed E-state index contributed by atoms with van der Waals surface area (Å²) in [6.45, 7) is 7.23. The number of anilines is 1. The first kappa shape index (κ1) is 16.0. The van der Waals surface area contributed by atoms with Gasteiger partial charge >= 0.3 is 0 Å². The van der Waals surface area contributed by atoms with Crippen LogP contribution in [0.25, 0.3) is 0 Å². The standard InChI is InChI=1S/C15H23ClN4O/c1-4-11-10-20(9-8-19(11)3)15(21)14-12(16)6-7-13(18-14)17-5-2/h6-7,11H,4-5,8-10H2,1-3H3,(H,17,18). The molecule has 1 aromatic heterocycles. The van der Waals surface area contributed by atoms with Crippen molar-refractivity contribution in [3.63, 3.8) is 0 Å². The van der Waals surface area contributed by atoms with E-state index in [1.165, 1.54) is 0 Å². The molecule has 6 heteroatoms. The normalized spacial score (nSPS) is 19.6. The third kappa shape index (κ3) is 3.66. The first-order chi connectivity index (χ1) is 10.1. The fourth-order valence-corrected chi connectivity index (χ4v) is 2.78. The largest absolute Gasteiger partial charge is 0.370 e. The average Bonchev–Trinajstić information content (AvgIpc) is 2.49. The maximum absolute atomic E-state index is 12.7. The molecule has 0 bridgehead atoms. The van der Waals surface area contributed by atoms with E-state index in [2.05, 4.69) is 29.2 Å². The van der Waals surface area contributed by atoms with Gasteiger partial charge in [0.15, 0.2) is 0 Å². The number of hydrogen-bond acceptors (Lipinski definition) is 4. The lowest BCUT2D eigenvalue weighted by molar-refractivity contribution is 0.0537. The van der Waals surface area contributed by atoms with Crippen molar-refractivity contribution in [2.45, 2.75) is 26.3 Å². The summed E-state index contributed by atoms with van der Waals surface area (Å²) in [6, 6.07) is 3.92. The van der Waals surface area contributed by atoms with Gasteiger partial charge in [-0.1, -0.05) is 18.5 Å². The number of piperazine rings is 1. The number of amides is 1. The van der Waals surface area contributed by atoms with Crippen molar-refractivity contribution in [1.82, 2.24) is 14.8 Å². The maximum atomic E-state index is 12.7. The molecular formula is C15H23ClN4O. The lowest BCUT2D eigenvalue weighted by Crippen LogP contribution is -2.53. The molecule has 116 valence electrons. The molecular weight excluding hydrogens is 288 g/mol. The fraction of sp³-hybridized carbons (Fsp3) is 0.600. The molecule has 1 fully saturated rings. The number of pyridine rings is 1. The van der Waals surface area contributed by atoms with E-state index in [9.17, 15) is 4.79 Å². The van der Waals surface area contributed by atoms with Gasteiger partial charge in [0.2, 0.25) is 0 Å². The van der Waals surface area contributed by atoms with Gasteiger partial charge in [0.05, 0.1) is 5.02 Å². The highest BCUT2D eigenvalue weighted by molar-refractivity contribution is 6.33. The Kier molecular flexibility index (Phi) is 5.42. The molecule has 1 saturated heterocycles. The van der Waals surface area contributed by atoms with Crippen LogP contribution in [0.5, 0.6) is 0 Å². The van der Waals surface area contributed by atoms with Crippen LogP contribution in [0.15, 0.2) is 12.1 Å². The molecule has 1 aliphatic heterocycles. The summed E-state index contributed by atoms with van der Waals surface area (Å²) in [5.41, 5.74) is 0.342. The van der Waals surface area contributed by atoms with Crippen LogP contribution < -0.4 is 5.32 Å². The number of halogens is 1. The lowest BCUT2D eigenvalue weighted by Gasteiger charge is -2.39. The molecule has 1 aromatic rings. The molecule has 1 amide bonds. The summed E-state index contributed by atoms with van der Waals surface area (Å²) in [5.74, 6) is 0.609. The number of likely N-dealkylation sites (N-methyl/N-ethyl adjacent to an activating group) is 1. The monoisotopic (exact) mass is 310 g/mol. The smallest absolute Gasteiger partial charge is 0.274 e. The van der Waals surface area contributed by atoms with Crippen molar-refractivity contribution in [3.8, 4) is 0 Å². The maximum Gasteiger partial charge on any atom is 0.274 e. The molecule has 21 heavy (non-hydrogen) atoms. The van der Waals surface area contributed by atoms with Gasteiger partial charge in [0, 0.05) is 32.2 Å². The quantitative estimate of drug-likeness (QED) is 0.927. The Balaban J connectivity index is 2.17. The second kappa shape index (κ2) is 7.09. The van der Waals surface area contributed by atoms with Crippen LogP contribution in [0.3, 0.4) is 0 Å². The molecule has 0 aromatic carbocycles. The second-order valence-electron chi connectivity index (χ2n) is 5.35. The van der Waals surface area contributed by atoms with Crippen molar-refractivity contribution >= 4 is 23.3 Å². The molecule has 5 nitrogen and oxygen atoms in total. The topological polar surface area (TPSA) is 48.5 Å². The van der Waals surface area contributed by atoms with Crippen LogP contribution in [0.1, 0.15) is 30.8 Å². The number of carbonyl (C=O) groups excluding carboxylic acids is 1. The van der Waals surface area contributed by atoms with Gasteiger partial charge in [-0.2, -0.15) is 0 Å². The van der Waals surface area contributed by atoms with Gasteiger partial charge in [-0.25, -0.2) is 4.98 Å². The molecule has 1 aliphatic rings. The molecule has 2 heterocycles. The number of nitrogens with one attached hydrogen (secondary N) is 1. The van der Waals surface area contributed by atoms with E-state index in [4.69, 9.17) is 11.6 Å².